The van der Waals surface area contributed by atoms with Gasteiger partial charge < -0.3 is 0 Å². The van der Waals surface area contributed by atoms with Gasteiger partial charge in [-0.25, -0.2) is 4.39 Å². The van der Waals surface area contributed by atoms with E-state index in [1.54, 1.807) is 12.1 Å². The van der Waals surface area contributed by atoms with E-state index in [-0.39, 0.29) is 11.9 Å². The monoisotopic (exact) mass is 298 g/mol. The van der Waals surface area contributed by atoms with Crippen LogP contribution in [0.1, 0.15) is 17.2 Å². The molecule has 2 aromatic carbocycles. The highest BCUT2D eigenvalue weighted by Gasteiger charge is 2.15. The van der Waals surface area contributed by atoms with Gasteiger partial charge in [-0.3, -0.25) is 11.3 Å². The largest absolute Gasteiger partial charge is 0.271 e. The van der Waals surface area contributed by atoms with Crippen molar-refractivity contribution in [3.8, 4) is 0 Å². The molecule has 2 rings (SSSR count). The molecule has 1 unspecified atom stereocenters. The lowest BCUT2D eigenvalue weighted by atomic mass is 9.99. The maximum Gasteiger partial charge on any atom is 0.124 e. The molecule has 0 radical (unpaired) electrons. The molecule has 0 aliphatic carbocycles. The summed E-state index contributed by atoms with van der Waals surface area (Å²) in [7, 11) is 0. The van der Waals surface area contributed by atoms with Crippen molar-refractivity contribution in [3.63, 3.8) is 0 Å². The van der Waals surface area contributed by atoms with Crippen LogP contribution < -0.4 is 11.3 Å². The van der Waals surface area contributed by atoms with Crippen LogP contribution >= 0.6 is 23.2 Å². The fourth-order valence-electron chi connectivity index (χ4n) is 1.92. The van der Waals surface area contributed by atoms with Crippen molar-refractivity contribution in [2.45, 2.75) is 12.5 Å². The van der Waals surface area contributed by atoms with Crippen molar-refractivity contribution in [1.29, 1.82) is 0 Å². The average Bonchev–Trinajstić information content (AvgIpc) is 2.39. The summed E-state index contributed by atoms with van der Waals surface area (Å²) in [6.45, 7) is 0. The van der Waals surface area contributed by atoms with E-state index in [4.69, 9.17) is 29.0 Å². The molecule has 0 heterocycles. The van der Waals surface area contributed by atoms with Crippen molar-refractivity contribution in [1.82, 2.24) is 5.43 Å². The molecule has 2 aromatic rings. The quantitative estimate of drug-likeness (QED) is 0.664. The van der Waals surface area contributed by atoms with Gasteiger partial charge in [0.1, 0.15) is 5.82 Å². The van der Waals surface area contributed by atoms with Crippen molar-refractivity contribution in [2.24, 2.45) is 5.84 Å². The minimum absolute atomic E-state index is 0.184. The van der Waals surface area contributed by atoms with E-state index in [2.05, 4.69) is 5.43 Å². The Morgan fingerprint density at radius 1 is 1.11 bits per heavy atom. The van der Waals surface area contributed by atoms with Crippen molar-refractivity contribution in [2.75, 3.05) is 0 Å². The maximum atomic E-state index is 13.0. The van der Waals surface area contributed by atoms with E-state index >= 15 is 0 Å². The molecule has 0 bridgehead atoms. The number of benzene rings is 2. The zero-order chi connectivity index (χ0) is 13.8. The Balaban J connectivity index is 2.27. The third-order valence-corrected chi connectivity index (χ3v) is 3.62. The van der Waals surface area contributed by atoms with E-state index in [1.807, 2.05) is 18.2 Å². The van der Waals surface area contributed by atoms with E-state index in [0.29, 0.717) is 16.5 Å². The summed E-state index contributed by atoms with van der Waals surface area (Å²) in [6.07, 6.45) is 0.527. The molecule has 0 aliphatic heterocycles. The van der Waals surface area contributed by atoms with Gasteiger partial charge in [-0.1, -0.05) is 47.5 Å². The van der Waals surface area contributed by atoms with Crippen LogP contribution in [0.4, 0.5) is 4.39 Å². The molecule has 2 nitrogen and oxygen atoms in total. The van der Waals surface area contributed by atoms with Gasteiger partial charge in [0.05, 0.1) is 6.04 Å². The fraction of sp³-hybridized carbons (Fsp3) is 0.143. The minimum Gasteiger partial charge on any atom is -0.271 e. The highest BCUT2D eigenvalue weighted by Crippen LogP contribution is 2.27. The number of hydrogen-bond donors (Lipinski definition) is 2. The molecule has 1 atom stereocenters. The Morgan fingerprint density at radius 2 is 1.84 bits per heavy atom. The molecule has 0 saturated carbocycles. The molecule has 19 heavy (non-hydrogen) atoms. The van der Waals surface area contributed by atoms with Crippen LogP contribution in [-0.4, -0.2) is 0 Å². The minimum atomic E-state index is -0.358. The molecule has 0 aromatic heterocycles. The number of nitrogens with one attached hydrogen (secondary N) is 1. The van der Waals surface area contributed by atoms with Crippen LogP contribution in [0.15, 0.2) is 42.5 Å². The third-order valence-electron chi connectivity index (χ3n) is 2.92. The van der Waals surface area contributed by atoms with Gasteiger partial charge in [-0.2, -0.15) is 0 Å². The maximum absolute atomic E-state index is 13.0. The SMILES string of the molecule is NNC(Cc1ccc(F)cc1Cl)c1ccccc1Cl. The van der Waals surface area contributed by atoms with Crippen LogP contribution in [0.5, 0.6) is 0 Å². The van der Waals surface area contributed by atoms with Crippen LogP contribution in [0, 0.1) is 5.82 Å². The first kappa shape index (κ1) is 14.3. The number of halogens is 3. The molecule has 0 aliphatic rings. The first-order valence-corrected chi connectivity index (χ1v) is 6.52. The molecule has 5 heteroatoms. The molecule has 100 valence electrons. The summed E-state index contributed by atoms with van der Waals surface area (Å²) in [5.41, 5.74) is 4.41. The highest BCUT2D eigenvalue weighted by molar-refractivity contribution is 6.31. The van der Waals surface area contributed by atoms with Crippen LogP contribution in [0.2, 0.25) is 10.0 Å². The lowest BCUT2D eigenvalue weighted by Gasteiger charge is -2.18. The zero-order valence-corrected chi connectivity index (χ0v) is 11.5. The standard InChI is InChI=1S/C14H13Cl2FN2/c15-12-4-2-1-3-11(12)14(19-18)7-9-5-6-10(17)8-13(9)16/h1-6,8,14,19H,7,18H2. The van der Waals surface area contributed by atoms with Gasteiger partial charge in [0, 0.05) is 10.0 Å². The Labute approximate surface area is 121 Å². The summed E-state index contributed by atoms with van der Waals surface area (Å²) in [5, 5.41) is 1.01. The normalized spacial score (nSPS) is 12.4. The van der Waals surface area contributed by atoms with Crippen molar-refractivity contribution >= 4 is 23.2 Å². The predicted molar refractivity (Wildman–Crippen MR) is 76.6 cm³/mol. The number of hydrazine groups is 1. The Hall–Kier alpha value is -1.13. The van der Waals surface area contributed by atoms with E-state index in [0.717, 1.165) is 11.1 Å². The molecular weight excluding hydrogens is 286 g/mol. The van der Waals surface area contributed by atoms with Gasteiger partial charge in [0.15, 0.2) is 0 Å². The van der Waals surface area contributed by atoms with Crippen LogP contribution in [0.3, 0.4) is 0 Å². The molecule has 0 fully saturated rings. The first-order valence-electron chi connectivity index (χ1n) is 5.76. The number of rotatable bonds is 4. The van der Waals surface area contributed by atoms with Gasteiger partial charge in [-0.15, -0.1) is 0 Å². The Bertz CT molecular complexity index is 575. The lowest BCUT2D eigenvalue weighted by Crippen LogP contribution is -2.29. The van der Waals surface area contributed by atoms with Gasteiger partial charge >= 0.3 is 0 Å². The van der Waals surface area contributed by atoms with Gasteiger partial charge in [0.2, 0.25) is 0 Å². The first-order chi connectivity index (χ1) is 9.11. The number of hydrogen-bond acceptors (Lipinski definition) is 2. The van der Waals surface area contributed by atoms with Gasteiger partial charge in [-0.05, 0) is 35.7 Å². The summed E-state index contributed by atoms with van der Waals surface area (Å²) in [6, 6.07) is 11.6. The summed E-state index contributed by atoms with van der Waals surface area (Å²) >= 11 is 12.2. The predicted octanol–water partition coefficient (Wildman–Crippen LogP) is 3.88. The van der Waals surface area contributed by atoms with Crippen molar-refractivity contribution in [3.05, 3.63) is 69.5 Å². The van der Waals surface area contributed by atoms with Gasteiger partial charge in [0.25, 0.3) is 0 Å². The molecule has 0 spiro atoms. The zero-order valence-electron chi connectivity index (χ0n) is 10.0. The van der Waals surface area contributed by atoms with E-state index in [1.165, 1.54) is 12.1 Å². The summed E-state index contributed by atoms with van der Waals surface area (Å²) in [4.78, 5) is 0. The fourth-order valence-corrected chi connectivity index (χ4v) is 2.44. The van der Waals surface area contributed by atoms with Crippen molar-refractivity contribution < 1.29 is 4.39 Å². The van der Waals surface area contributed by atoms with Crippen LogP contribution in [-0.2, 0) is 6.42 Å². The molecular formula is C14H13Cl2FN2. The van der Waals surface area contributed by atoms with Crippen LogP contribution in [0.25, 0.3) is 0 Å². The smallest absolute Gasteiger partial charge is 0.124 e. The second-order valence-corrected chi connectivity index (χ2v) is 5.00. The second kappa shape index (κ2) is 6.35. The molecule has 0 saturated heterocycles. The molecule has 3 N–H and O–H groups in total. The summed E-state index contributed by atoms with van der Waals surface area (Å²) in [5.74, 6) is 5.22. The third kappa shape index (κ3) is 3.45. The highest BCUT2D eigenvalue weighted by atomic mass is 35.5. The summed E-state index contributed by atoms with van der Waals surface area (Å²) < 4.78 is 13.0. The number of nitrogens with two attached hydrogens (primary N) is 1. The average molecular weight is 299 g/mol. The van der Waals surface area contributed by atoms with E-state index < -0.39 is 0 Å². The topological polar surface area (TPSA) is 38.0 Å². The van der Waals surface area contributed by atoms with E-state index in [9.17, 15) is 4.39 Å². The second-order valence-electron chi connectivity index (χ2n) is 4.18. The molecule has 0 amide bonds. The Morgan fingerprint density at radius 3 is 2.47 bits per heavy atom. The Kier molecular flexibility index (Phi) is 4.77. The lowest BCUT2D eigenvalue weighted by molar-refractivity contribution is 0.551.